The number of allylic oxidation sites excluding steroid dienone is 8. The molecule has 0 radical (unpaired) electrons. The number of hydrogen-bond donors (Lipinski definition) is 0. The van der Waals surface area contributed by atoms with Crippen molar-refractivity contribution in [1.29, 1.82) is 0 Å². The van der Waals surface area contributed by atoms with Crippen LogP contribution in [0.2, 0.25) is 0 Å². The van der Waals surface area contributed by atoms with Gasteiger partial charge in [-0.15, -0.1) is 0 Å². The number of benzene rings is 4. The summed E-state index contributed by atoms with van der Waals surface area (Å²) in [4.78, 5) is 0. The molecule has 4 aromatic carbocycles. The summed E-state index contributed by atoms with van der Waals surface area (Å²) in [7, 11) is 0. The topological polar surface area (TPSA) is 0 Å². The summed E-state index contributed by atoms with van der Waals surface area (Å²) in [5.41, 5.74) is 19.7. The van der Waals surface area contributed by atoms with E-state index in [1.165, 1.54) is 61.2 Å². The largest absolute Gasteiger partial charge is 1.00 e. The number of halogens is 2. The van der Waals surface area contributed by atoms with Crippen molar-refractivity contribution in [3.05, 3.63) is 160 Å². The number of fused-ring (bicyclic) bond motifs is 5. The molecular formula is C56H66Cl2Zr. The summed E-state index contributed by atoms with van der Waals surface area (Å²) in [6.07, 6.45) is 11.0. The van der Waals surface area contributed by atoms with Crippen LogP contribution in [0.15, 0.2) is 115 Å². The molecule has 8 rings (SSSR count). The smallest absolute Gasteiger partial charge is 1.00 e. The molecule has 4 aromatic rings. The van der Waals surface area contributed by atoms with Crippen LogP contribution in [0.1, 0.15) is 141 Å². The van der Waals surface area contributed by atoms with Crippen molar-refractivity contribution in [3.63, 3.8) is 0 Å². The molecule has 4 aliphatic rings. The van der Waals surface area contributed by atoms with Gasteiger partial charge in [0.1, 0.15) is 0 Å². The second-order valence-electron chi connectivity index (χ2n) is 22.0. The van der Waals surface area contributed by atoms with Crippen LogP contribution < -0.4 is 24.8 Å². The van der Waals surface area contributed by atoms with E-state index >= 15 is 0 Å². The first-order valence-electron chi connectivity index (χ1n) is 21.6. The fraction of sp³-hybridized carbons (Fsp3) is 0.411. The Morgan fingerprint density at radius 1 is 0.627 bits per heavy atom. The molecule has 0 aliphatic heterocycles. The second kappa shape index (κ2) is 15.8. The van der Waals surface area contributed by atoms with Gasteiger partial charge in [-0.25, -0.2) is 0 Å². The molecule has 0 N–H and O–H groups in total. The van der Waals surface area contributed by atoms with Crippen LogP contribution in [0.4, 0.5) is 0 Å². The van der Waals surface area contributed by atoms with E-state index in [0.29, 0.717) is 5.92 Å². The molecule has 0 aromatic heterocycles. The average molecular weight is 901 g/mol. The summed E-state index contributed by atoms with van der Waals surface area (Å²) < 4.78 is 5.37. The molecular weight excluding hydrogens is 835 g/mol. The summed E-state index contributed by atoms with van der Waals surface area (Å²) in [6, 6.07) is 33.3. The summed E-state index contributed by atoms with van der Waals surface area (Å²) in [6.45, 7) is 34.4. The third-order valence-corrected chi connectivity index (χ3v) is 22.4. The van der Waals surface area contributed by atoms with Crippen molar-refractivity contribution in [2.24, 2.45) is 22.2 Å². The molecule has 59 heavy (non-hydrogen) atoms. The summed E-state index contributed by atoms with van der Waals surface area (Å²) >= 11 is -2.88. The zero-order chi connectivity index (χ0) is 41.0. The fourth-order valence-electron chi connectivity index (χ4n) is 10.6. The monoisotopic (exact) mass is 898 g/mol. The fourth-order valence-corrected chi connectivity index (χ4v) is 20.9. The Balaban J connectivity index is 0.00000293. The van der Waals surface area contributed by atoms with Crippen LogP contribution in [0.5, 0.6) is 0 Å². The maximum Gasteiger partial charge on any atom is -1.00 e. The summed E-state index contributed by atoms with van der Waals surface area (Å²) in [5.74, 6) is 0.441. The molecule has 3 heteroatoms. The van der Waals surface area contributed by atoms with Crippen LogP contribution in [0, 0.1) is 22.2 Å². The maximum atomic E-state index is 2.71. The van der Waals surface area contributed by atoms with Gasteiger partial charge < -0.3 is 24.8 Å². The Hall–Kier alpha value is -2.83. The van der Waals surface area contributed by atoms with E-state index in [1.54, 1.807) is 17.6 Å². The predicted molar refractivity (Wildman–Crippen MR) is 245 cm³/mol. The average Bonchev–Trinajstić information content (AvgIpc) is 3.82. The first-order chi connectivity index (χ1) is 26.6. The molecule has 308 valence electrons. The third-order valence-electron chi connectivity index (χ3n) is 13.5. The van der Waals surface area contributed by atoms with Crippen molar-refractivity contribution in [2.75, 3.05) is 0 Å². The predicted octanol–water partition coefficient (Wildman–Crippen LogP) is 8.82. The Morgan fingerprint density at radius 2 is 1.14 bits per heavy atom. The van der Waals surface area contributed by atoms with Crippen molar-refractivity contribution >= 4 is 14.4 Å². The van der Waals surface area contributed by atoms with Gasteiger partial charge in [0.05, 0.1) is 0 Å². The molecule has 0 spiro atoms. The molecule has 4 aliphatic carbocycles. The second-order valence-corrected chi connectivity index (χ2v) is 28.2. The number of rotatable bonds is 6. The molecule has 1 atom stereocenters. The van der Waals surface area contributed by atoms with Crippen LogP contribution in [0.3, 0.4) is 0 Å². The minimum absolute atomic E-state index is 0. The molecule has 0 saturated heterocycles. The van der Waals surface area contributed by atoms with Crippen molar-refractivity contribution in [2.45, 2.75) is 127 Å². The third kappa shape index (κ3) is 8.17. The van der Waals surface area contributed by atoms with E-state index in [1.807, 2.05) is 3.28 Å². The van der Waals surface area contributed by atoms with E-state index in [0.717, 1.165) is 19.3 Å². The molecule has 0 fully saturated rings. The minimum Gasteiger partial charge on any atom is -1.00 e. The van der Waals surface area contributed by atoms with Gasteiger partial charge in [0.15, 0.2) is 0 Å². The van der Waals surface area contributed by atoms with Crippen LogP contribution in [-0.2, 0) is 51.4 Å². The SMILES string of the molecule is CC1C=C(C(C)(C)C)C=[C]1[Zr+2]([C]1=C(C(C)(C)C)c2cc3c(cc2C1(C)C)Cc1cc2c(cc1-3)C(C(C)(C)C)=CC2(C)C)=[C](Cc1ccccc1)Cc1ccccc1.[Cl-].[Cl-]. The minimum atomic E-state index is -2.88. The molecule has 0 nitrogen and oxygen atoms in total. The van der Waals surface area contributed by atoms with Gasteiger partial charge in [0.2, 0.25) is 0 Å². The molecule has 0 heterocycles. The van der Waals surface area contributed by atoms with Crippen LogP contribution >= 0.6 is 0 Å². The maximum absolute atomic E-state index is 2.88. The normalized spacial score (nSPS) is 18.3. The Morgan fingerprint density at radius 3 is 1.61 bits per heavy atom. The van der Waals surface area contributed by atoms with Crippen molar-refractivity contribution in [3.8, 4) is 11.1 Å². The van der Waals surface area contributed by atoms with Gasteiger partial charge in [-0.1, -0.05) is 0 Å². The van der Waals surface area contributed by atoms with Gasteiger partial charge in [-0.05, 0) is 0 Å². The molecule has 1 unspecified atom stereocenters. The first-order valence-corrected chi connectivity index (χ1v) is 25.3. The van der Waals surface area contributed by atoms with E-state index in [-0.39, 0.29) is 51.9 Å². The zero-order valence-electron chi connectivity index (χ0n) is 38.3. The van der Waals surface area contributed by atoms with Crippen molar-refractivity contribution in [1.82, 2.24) is 0 Å². The standard InChI is InChI=1S/C31H37.C15H14.C10H15.2ClH.Zr/c1-28(2,3)26-16-30(7,8)24-12-18-11-19-13-25-23(15-21(19)20(18)14-22(24)26)27(29(4,5)6)17-31(25,9)10;1-3-8-14(9-4-1)12-7-13-15-10-5-2-6-11-15;1-8-5-6-9(7-8)10(2,3)4;;;/h12-16H,11H2,1-10H3;1-6,8-11H,12-13H2;6-8H,1-4H3;2*1H;/q;;;;;+2/p-2. The Labute approximate surface area is 377 Å². The van der Waals surface area contributed by atoms with E-state index < -0.39 is 21.3 Å². The van der Waals surface area contributed by atoms with E-state index in [9.17, 15) is 0 Å². The Kier molecular flexibility index (Phi) is 12.3. The van der Waals surface area contributed by atoms with E-state index in [4.69, 9.17) is 0 Å². The van der Waals surface area contributed by atoms with Gasteiger partial charge in [0.25, 0.3) is 0 Å². The van der Waals surface area contributed by atoms with Gasteiger partial charge >= 0.3 is 356 Å². The van der Waals surface area contributed by atoms with Gasteiger partial charge in [0, 0.05) is 0 Å². The van der Waals surface area contributed by atoms with E-state index in [2.05, 4.69) is 200 Å². The van der Waals surface area contributed by atoms with Gasteiger partial charge in [-0.3, -0.25) is 0 Å². The van der Waals surface area contributed by atoms with Crippen LogP contribution in [-0.4, -0.2) is 3.21 Å². The van der Waals surface area contributed by atoms with Crippen LogP contribution in [0.25, 0.3) is 22.3 Å². The summed E-state index contributed by atoms with van der Waals surface area (Å²) in [5, 5.41) is 0. The Bertz CT molecular complexity index is 2420. The van der Waals surface area contributed by atoms with Crippen molar-refractivity contribution < 1.29 is 46.1 Å². The van der Waals surface area contributed by atoms with Gasteiger partial charge in [-0.2, -0.15) is 0 Å². The molecule has 0 amide bonds. The molecule has 0 saturated carbocycles. The first kappa shape index (κ1) is 45.7. The quantitative estimate of drug-likeness (QED) is 0.160. The zero-order valence-corrected chi connectivity index (χ0v) is 42.2. The number of hydrogen-bond acceptors (Lipinski definition) is 0. The molecule has 0 bridgehead atoms.